The van der Waals surface area contributed by atoms with Crippen molar-refractivity contribution in [2.45, 2.75) is 39.8 Å². The van der Waals surface area contributed by atoms with Crippen molar-refractivity contribution in [2.24, 2.45) is 0 Å². The third-order valence-corrected chi connectivity index (χ3v) is 2.79. The van der Waals surface area contributed by atoms with E-state index in [-0.39, 0.29) is 12.5 Å². The molecule has 0 aliphatic rings. The lowest BCUT2D eigenvalue weighted by atomic mass is 10.2. The highest BCUT2D eigenvalue weighted by molar-refractivity contribution is 5.89. The first kappa shape index (κ1) is 16.8. The summed E-state index contributed by atoms with van der Waals surface area (Å²) in [7, 11) is 0. The molecular formula is C16H21N3O4. The molecule has 0 saturated carbocycles. The first-order valence-electron chi connectivity index (χ1n) is 7.39. The van der Waals surface area contributed by atoms with Crippen LogP contribution in [0.5, 0.6) is 0 Å². The molecule has 1 aromatic heterocycles. The maximum Gasteiger partial charge on any atom is 0.412 e. The van der Waals surface area contributed by atoms with Crippen molar-refractivity contribution < 1.29 is 19.1 Å². The Morgan fingerprint density at radius 3 is 2.70 bits per heavy atom. The molecule has 1 aromatic carbocycles. The number of fused-ring (bicyclic) bond motifs is 1. The molecule has 1 amide bonds. The van der Waals surface area contributed by atoms with Crippen LogP contribution in [-0.4, -0.2) is 34.1 Å². The molecule has 1 heterocycles. The highest BCUT2D eigenvalue weighted by atomic mass is 16.6. The summed E-state index contributed by atoms with van der Waals surface area (Å²) in [5.74, 6) is -0.340. The average molecular weight is 319 g/mol. The van der Waals surface area contributed by atoms with Crippen molar-refractivity contribution in [3.63, 3.8) is 0 Å². The summed E-state index contributed by atoms with van der Waals surface area (Å²) in [6.45, 7) is 7.55. The SMILES string of the molecule is CCOC(=O)Cn1cc2cc(NC(=O)OC(C)(C)C)ccc2n1. The van der Waals surface area contributed by atoms with Crippen LogP contribution >= 0.6 is 0 Å². The van der Waals surface area contributed by atoms with Crippen LogP contribution < -0.4 is 5.32 Å². The minimum atomic E-state index is -0.557. The Bertz CT molecular complexity index is 716. The monoisotopic (exact) mass is 319 g/mol. The molecule has 0 aliphatic carbocycles. The van der Waals surface area contributed by atoms with E-state index in [1.807, 2.05) is 0 Å². The molecule has 7 nitrogen and oxygen atoms in total. The van der Waals surface area contributed by atoms with Crippen LogP contribution in [0.1, 0.15) is 27.7 Å². The lowest BCUT2D eigenvalue weighted by Crippen LogP contribution is -2.27. The summed E-state index contributed by atoms with van der Waals surface area (Å²) in [5.41, 5.74) is 0.769. The van der Waals surface area contributed by atoms with Crippen LogP contribution in [0.2, 0.25) is 0 Å². The summed E-state index contributed by atoms with van der Waals surface area (Å²) in [6.07, 6.45) is 1.21. The van der Waals surface area contributed by atoms with Crippen LogP contribution in [0.3, 0.4) is 0 Å². The predicted molar refractivity (Wildman–Crippen MR) is 86.2 cm³/mol. The molecule has 2 aromatic rings. The Kier molecular flexibility index (Phi) is 4.88. The molecule has 2 rings (SSSR count). The zero-order valence-corrected chi connectivity index (χ0v) is 13.8. The van der Waals surface area contributed by atoms with Crippen LogP contribution in [0.4, 0.5) is 10.5 Å². The zero-order valence-electron chi connectivity index (χ0n) is 13.8. The highest BCUT2D eigenvalue weighted by Gasteiger charge is 2.16. The lowest BCUT2D eigenvalue weighted by molar-refractivity contribution is -0.144. The normalized spacial score (nSPS) is 11.3. The molecule has 0 atom stereocenters. The first-order valence-corrected chi connectivity index (χ1v) is 7.39. The van der Waals surface area contributed by atoms with Crippen molar-refractivity contribution in [3.8, 4) is 0 Å². The molecule has 0 unspecified atom stereocenters. The lowest BCUT2D eigenvalue weighted by Gasteiger charge is -2.19. The van der Waals surface area contributed by atoms with Crippen molar-refractivity contribution >= 4 is 28.7 Å². The van der Waals surface area contributed by atoms with Crippen molar-refractivity contribution in [1.29, 1.82) is 0 Å². The van der Waals surface area contributed by atoms with Crippen molar-refractivity contribution in [3.05, 3.63) is 24.4 Å². The van der Waals surface area contributed by atoms with E-state index in [4.69, 9.17) is 9.47 Å². The Morgan fingerprint density at radius 1 is 1.30 bits per heavy atom. The van der Waals surface area contributed by atoms with Crippen LogP contribution in [0.15, 0.2) is 24.4 Å². The number of hydrogen-bond donors (Lipinski definition) is 1. The van der Waals surface area contributed by atoms with Gasteiger partial charge in [-0.05, 0) is 45.9 Å². The topological polar surface area (TPSA) is 82.5 Å². The van der Waals surface area contributed by atoms with Crippen LogP contribution in [0, 0.1) is 0 Å². The standard InChI is InChI=1S/C16H21N3O4/c1-5-22-14(20)10-19-9-11-8-12(6-7-13(11)18-19)17-15(21)23-16(2,3)4/h6-9H,5,10H2,1-4H3,(H,17,21). The average Bonchev–Trinajstić information content (AvgIpc) is 2.77. The smallest absolute Gasteiger partial charge is 0.412 e. The third kappa shape index (κ3) is 4.98. The molecular weight excluding hydrogens is 298 g/mol. The van der Waals surface area contributed by atoms with E-state index in [1.54, 1.807) is 52.1 Å². The number of aromatic nitrogens is 2. The number of ether oxygens (including phenoxy) is 2. The number of esters is 1. The highest BCUT2D eigenvalue weighted by Crippen LogP contribution is 2.19. The number of benzene rings is 1. The molecule has 0 spiro atoms. The maximum absolute atomic E-state index is 11.8. The number of anilines is 1. The van der Waals surface area contributed by atoms with Gasteiger partial charge in [-0.3, -0.25) is 14.8 Å². The number of amides is 1. The number of carbonyl (C=O) groups is 2. The molecule has 1 N–H and O–H groups in total. The molecule has 0 radical (unpaired) electrons. The molecule has 7 heteroatoms. The molecule has 0 fully saturated rings. The van der Waals surface area contributed by atoms with Crippen molar-refractivity contribution in [2.75, 3.05) is 11.9 Å². The molecule has 0 saturated heterocycles. The Hall–Kier alpha value is -2.57. The number of nitrogens with zero attached hydrogens (tertiary/aromatic N) is 2. The second kappa shape index (κ2) is 6.68. The third-order valence-electron chi connectivity index (χ3n) is 2.79. The van der Waals surface area contributed by atoms with Crippen molar-refractivity contribution in [1.82, 2.24) is 9.78 Å². The summed E-state index contributed by atoms with van der Waals surface area (Å²) in [5, 5.41) is 7.77. The summed E-state index contributed by atoms with van der Waals surface area (Å²) in [6, 6.07) is 5.27. The quantitative estimate of drug-likeness (QED) is 0.876. The van der Waals surface area contributed by atoms with Crippen LogP contribution in [0.25, 0.3) is 10.9 Å². The Balaban J connectivity index is 2.10. The Morgan fingerprint density at radius 2 is 2.04 bits per heavy atom. The van der Waals surface area contributed by atoms with E-state index in [9.17, 15) is 9.59 Å². The number of carbonyl (C=O) groups excluding carboxylic acids is 2. The predicted octanol–water partition coefficient (Wildman–Crippen LogP) is 2.95. The van der Waals surface area contributed by atoms with Gasteiger partial charge in [0, 0.05) is 17.3 Å². The minimum Gasteiger partial charge on any atom is -0.465 e. The van der Waals surface area contributed by atoms with E-state index in [0.29, 0.717) is 12.3 Å². The summed E-state index contributed by atoms with van der Waals surface area (Å²) in [4.78, 5) is 23.2. The fourth-order valence-corrected chi connectivity index (χ4v) is 2.00. The van der Waals surface area contributed by atoms with Gasteiger partial charge in [0.1, 0.15) is 12.1 Å². The molecule has 0 aliphatic heterocycles. The molecule has 0 bridgehead atoms. The van der Waals surface area contributed by atoms with Gasteiger partial charge in [0.2, 0.25) is 0 Å². The minimum absolute atomic E-state index is 0.0529. The number of nitrogens with one attached hydrogen (secondary N) is 1. The maximum atomic E-state index is 11.8. The second-order valence-corrected chi connectivity index (χ2v) is 6.03. The molecule has 124 valence electrons. The largest absolute Gasteiger partial charge is 0.465 e. The van der Waals surface area contributed by atoms with Gasteiger partial charge in [-0.25, -0.2) is 4.79 Å². The van der Waals surface area contributed by atoms with E-state index in [0.717, 1.165) is 10.9 Å². The van der Waals surface area contributed by atoms with E-state index < -0.39 is 11.7 Å². The van der Waals surface area contributed by atoms with Crippen LogP contribution in [-0.2, 0) is 20.8 Å². The zero-order chi connectivity index (χ0) is 17.0. The van der Waals surface area contributed by atoms with E-state index in [2.05, 4.69) is 10.4 Å². The van der Waals surface area contributed by atoms with E-state index in [1.165, 1.54) is 4.68 Å². The Labute approximate surface area is 134 Å². The van der Waals surface area contributed by atoms with Gasteiger partial charge in [0.15, 0.2) is 0 Å². The number of rotatable bonds is 4. The first-order chi connectivity index (χ1) is 10.8. The second-order valence-electron chi connectivity index (χ2n) is 6.03. The van der Waals surface area contributed by atoms with Gasteiger partial charge in [-0.15, -0.1) is 0 Å². The van der Waals surface area contributed by atoms with Gasteiger partial charge in [-0.1, -0.05) is 0 Å². The summed E-state index contributed by atoms with van der Waals surface area (Å²) >= 11 is 0. The summed E-state index contributed by atoms with van der Waals surface area (Å²) < 4.78 is 11.6. The van der Waals surface area contributed by atoms with Gasteiger partial charge < -0.3 is 9.47 Å². The van der Waals surface area contributed by atoms with E-state index >= 15 is 0 Å². The fraction of sp³-hybridized carbons (Fsp3) is 0.438. The van der Waals surface area contributed by atoms with Gasteiger partial charge in [0.25, 0.3) is 0 Å². The van der Waals surface area contributed by atoms with Gasteiger partial charge in [0.05, 0.1) is 12.1 Å². The van der Waals surface area contributed by atoms with Gasteiger partial charge >= 0.3 is 12.1 Å². The number of hydrogen-bond acceptors (Lipinski definition) is 5. The molecule has 23 heavy (non-hydrogen) atoms. The van der Waals surface area contributed by atoms with Gasteiger partial charge in [-0.2, -0.15) is 5.10 Å². The fourth-order valence-electron chi connectivity index (χ4n) is 2.00.